The maximum absolute atomic E-state index is 12.8. The molecule has 0 aliphatic rings. The number of halogens is 2. The van der Waals surface area contributed by atoms with Gasteiger partial charge in [0.05, 0.1) is 0 Å². The first kappa shape index (κ1) is 13.7. The van der Waals surface area contributed by atoms with Crippen LogP contribution in [0.15, 0.2) is 59.3 Å². The minimum atomic E-state index is 0.0225. The molecule has 0 bridgehead atoms. The lowest BCUT2D eigenvalue weighted by Gasteiger charge is -2.07. The van der Waals surface area contributed by atoms with Gasteiger partial charge in [-0.1, -0.05) is 34.1 Å². The summed E-state index contributed by atoms with van der Waals surface area (Å²) in [6.45, 7) is 0. The van der Waals surface area contributed by atoms with Gasteiger partial charge in [-0.05, 0) is 52.2 Å². The van der Waals surface area contributed by atoms with Gasteiger partial charge < -0.3 is 0 Å². The van der Waals surface area contributed by atoms with Crippen LogP contribution in [0.4, 0.5) is 0 Å². The minimum Gasteiger partial charge on any atom is -0.289 e. The topological polar surface area (TPSA) is 30.0 Å². The Morgan fingerprint density at radius 3 is 2.80 bits per heavy atom. The van der Waals surface area contributed by atoms with Crippen LogP contribution in [0.1, 0.15) is 15.9 Å². The summed E-state index contributed by atoms with van der Waals surface area (Å²) in [5.74, 6) is 0.0225. The van der Waals surface area contributed by atoms with Crippen LogP contribution in [0, 0.1) is 3.57 Å². The van der Waals surface area contributed by atoms with Gasteiger partial charge >= 0.3 is 0 Å². The molecular weight excluding hydrogens is 429 g/mol. The highest BCUT2D eigenvalue weighted by Gasteiger charge is 2.15. The van der Waals surface area contributed by atoms with Gasteiger partial charge in [-0.25, -0.2) is 0 Å². The molecule has 4 heteroatoms. The van der Waals surface area contributed by atoms with Crippen molar-refractivity contribution in [1.82, 2.24) is 4.98 Å². The number of carbonyl (C=O) groups is 1. The van der Waals surface area contributed by atoms with Gasteiger partial charge in [0.1, 0.15) is 0 Å². The molecule has 2 nitrogen and oxygen atoms in total. The molecular formula is C16H9BrINO. The molecule has 0 fully saturated rings. The minimum absolute atomic E-state index is 0.0225. The van der Waals surface area contributed by atoms with Gasteiger partial charge in [0.15, 0.2) is 5.78 Å². The van der Waals surface area contributed by atoms with Crippen LogP contribution in [0.3, 0.4) is 0 Å². The Morgan fingerprint density at radius 2 is 1.95 bits per heavy atom. The molecule has 0 radical (unpaired) electrons. The lowest BCUT2D eigenvalue weighted by molar-refractivity contribution is 0.103. The lowest BCUT2D eigenvalue weighted by atomic mass is 9.98. The second kappa shape index (κ2) is 5.61. The molecule has 3 rings (SSSR count). The molecule has 0 spiro atoms. The highest BCUT2D eigenvalue weighted by molar-refractivity contribution is 14.1. The number of hydrogen-bond donors (Lipinski definition) is 0. The highest BCUT2D eigenvalue weighted by atomic mass is 127. The van der Waals surface area contributed by atoms with Gasteiger partial charge in [0, 0.05) is 36.9 Å². The van der Waals surface area contributed by atoms with E-state index < -0.39 is 0 Å². The van der Waals surface area contributed by atoms with Gasteiger partial charge in [0.2, 0.25) is 0 Å². The average molecular weight is 438 g/mol. The van der Waals surface area contributed by atoms with Crippen molar-refractivity contribution in [3.05, 3.63) is 74.0 Å². The predicted octanol–water partition coefficient (Wildman–Crippen LogP) is 4.83. The smallest absolute Gasteiger partial charge is 0.194 e. The first-order valence-electron chi connectivity index (χ1n) is 5.99. The van der Waals surface area contributed by atoms with E-state index in [1.807, 2.05) is 42.5 Å². The molecule has 0 aliphatic carbocycles. The number of aromatic nitrogens is 1. The molecule has 20 heavy (non-hydrogen) atoms. The van der Waals surface area contributed by atoms with Crippen LogP contribution in [0.25, 0.3) is 10.8 Å². The molecule has 98 valence electrons. The van der Waals surface area contributed by atoms with Crippen molar-refractivity contribution in [3.8, 4) is 0 Å². The Labute approximate surface area is 138 Å². The molecule has 1 heterocycles. The van der Waals surface area contributed by atoms with Gasteiger partial charge in [-0.2, -0.15) is 0 Å². The number of benzene rings is 2. The van der Waals surface area contributed by atoms with Crippen molar-refractivity contribution in [1.29, 1.82) is 0 Å². The maximum Gasteiger partial charge on any atom is 0.194 e. The molecule has 0 saturated carbocycles. The fourth-order valence-electron chi connectivity index (χ4n) is 2.13. The van der Waals surface area contributed by atoms with Crippen LogP contribution in [0.2, 0.25) is 0 Å². The van der Waals surface area contributed by atoms with Gasteiger partial charge in [0.25, 0.3) is 0 Å². The van der Waals surface area contributed by atoms with E-state index >= 15 is 0 Å². The number of fused-ring (bicyclic) bond motifs is 1. The quantitative estimate of drug-likeness (QED) is 0.424. The average Bonchev–Trinajstić information content (AvgIpc) is 2.48. The third kappa shape index (κ3) is 2.50. The third-order valence-electron chi connectivity index (χ3n) is 3.10. The summed E-state index contributed by atoms with van der Waals surface area (Å²) in [5, 5.41) is 1.91. The Hall–Kier alpha value is -1.27. The summed E-state index contributed by atoms with van der Waals surface area (Å²) in [6, 6.07) is 13.4. The Morgan fingerprint density at radius 1 is 1.10 bits per heavy atom. The Balaban J connectivity index is 2.20. The summed E-state index contributed by atoms with van der Waals surface area (Å²) in [5.41, 5.74) is 1.39. The molecule has 3 aromatic rings. The third-order valence-corrected chi connectivity index (χ3v) is 4.54. The molecule has 1 aromatic heterocycles. The maximum atomic E-state index is 12.8. The van der Waals surface area contributed by atoms with Crippen molar-refractivity contribution in [2.75, 3.05) is 0 Å². The molecule has 0 saturated heterocycles. The summed E-state index contributed by atoms with van der Waals surface area (Å²) in [6.07, 6.45) is 3.48. The van der Waals surface area contributed by atoms with Crippen molar-refractivity contribution in [3.63, 3.8) is 0 Å². The lowest BCUT2D eigenvalue weighted by Crippen LogP contribution is -2.04. The molecule has 2 aromatic carbocycles. The van der Waals surface area contributed by atoms with Crippen molar-refractivity contribution in [2.45, 2.75) is 0 Å². The van der Waals surface area contributed by atoms with Crippen LogP contribution < -0.4 is 0 Å². The first-order chi connectivity index (χ1) is 9.66. The number of rotatable bonds is 2. The summed E-state index contributed by atoms with van der Waals surface area (Å²) in [7, 11) is 0. The van der Waals surface area contributed by atoms with Crippen molar-refractivity contribution >= 4 is 55.1 Å². The van der Waals surface area contributed by atoms with Crippen LogP contribution >= 0.6 is 38.5 Å². The fraction of sp³-hybridized carbons (Fsp3) is 0. The number of pyridine rings is 1. The number of nitrogens with zero attached hydrogens (tertiary/aromatic N) is 1. The van der Waals surface area contributed by atoms with E-state index in [2.05, 4.69) is 43.5 Å². The number of hydrogen-bond acceptors (Lipinski definition) is 2. The van der Waals surface area contributed by atoms with E-state index in [9.17, 15) is 4.79 Å². The molecule has 0 amide bonds. The number of ketones is 1. The molecule has 0 atom stereocenters. The second-order valence-corrected chi connectivity index (χ2v) is 6.43. The van der Waals surface area contributed by atoms with Crippen molar-refractivity contribution < 1.29 is 4.79 Å². The SMILES string of the molecule is O=C(c1cc(Br)ccc1I)c1cccc2ccncc12. The van der Waals surface area contributed by atoms with E-state index in [0.29, 0.717) is 11.1 Å². The van der Waals surface area contributed by atoms with E-state index in [1.54, 1.807) is 12.4 Å². The Bertz CT molecular complexity index is 811. The van der Waals surface area contributed by atoms with Crippen molar-refractivity contribution in [2.24, 2.45) is 0 Å². The highest BCUT2D eigenvalue weighted by Crippen LogP contribution is 2.25. The fourth-order valence-corrected chi connectivity index (χ4v) is 3.07. The standard InChI is InChI=1S/C16H9BrINO/c17-11-4-5-15(18)13(8-11)16(20)12-3-1-2-10-6-7-19-9-14(10)12/h1-9H. The zero-order valence-corrected chi connectivity index (χ0v) is 14.1. The predicted molar refractivity (Wildman–Crippen MR) is 92.0 cm³/mol. The zero-order valence-electron chi connectivity index (χ0n) is 10.3. The molecule has 0 unspecified atom stereocenters. The zero-order chi connectivity index (χ0) is 14.1. The monoisotopic (exact) mass is 437 g/mol. The second-order valence-electron chi connectivity index (χ2n) is 4.36. The van der Waals surface area contributed by atoms with E-state index in [-0.39, 0.29) is 5.78 Å². The van der Waals surface area contributed by atoms with Crippen LogP contribution in [-0.2, 0) is 0 Å². The van der Waals surface area contributed by atoms with E-state index in [1.165, 1.54) is 0 Å². The molecule has 0 aliphatic heterocycles. The van der Waals surface area contributed by atoms with Crippen LogP contribution in [0.5, 0.6) is 0 Å². The van der Waals surface area contributed by atoms with E-state index in [4.69, 9.17) is 0 Å². The summed E-state index contributed by atoms with van der Waals surface area (Å²) >= 11 is 5.60. The number of carbonyl (C=O) groups excluding carboxylic acids is 1. The Kier molecular flexibility index (Phi) is 3.85. The van der Waals surface area contributed by atoms with E-state index in [0.717, 1.165) is 18.8 Å². The first-order valence-corrected chi connectivity index (χ1v) is 7.86. The largest absolute Gasteiger partial charge is 0.289 e. The van der Waals surface area contributed by atoms with Crippen LogP contribution in [-0.4, -0.2) is 10.8 Å². The summed E-state index contributed by atoms with van der Waals surface area (Å²) < 4.78 is 1.84. The van der Waals surface area contributed by atoms with Gasteiger partial charge in [-0.15, -0.1) is 0 Å². The molecule has 0 N–H and O–H groups in total. The van der Waals surface area contributed by atoms with Gasteiger partial charge in [-0.3, -0.25) is 9.78 Å². The normalized spacial score (nSPS) is 10.7. The summed E-state index contributed by atoms with van der Waals surface area (Å²) in [4.78, 5) is 16.9.